The first-order valence-corrected chi connectivity index (χ1v) is 9.86. The predicted octanol–water partition coefficient (Wildman–Crippen LogP) is 4.76. The maximum absolute atomic E-state index is 12.6. The number of amides is 1. The van der Waals surface area contributed by atoms with Crippen molar-refractivity contribution < 1.29 is 4.79 Å². The largest absolute Gasteiger partial charge is 0.322 e. The summed E-state index contributed by atoms with van der Waals surface area (Å²) >= 11 is 6.13. The molecule has 3 heterocycles. The van der Waals surface area contributed by atoms with Crippen LogP contribution in [-0.4, -0.2) is 30.7 Å². The van der Waals surface area contributed by atoms with Gasteiger partial charge in [0.15, 0.2) is 11.5 Å². The first-order chi connectivity index (χ1) is 15.2. The topological polar surface area (TPSA) is 85.1 Å². The SMILES string of the molecule is O=C(Nc1cccc(-c2ccc3nnc(-c4cccnc4)n3n2)c1)c1ccccc1Cl. The molecule has 0 aliphatic rings. The van der Waals surface area contributed by atoms with Gasteiger partial charge in [0.1, 0.15) is 0 Å². The molecule has 0 fully saturated rings. The molecule has 150 valence electrons. The zero-order valence-corrected chi connectivity index (χ0v) is 16.9. The minimum absolute atomic E-state index is 0.274. The van der Waals surface area contributed by atoms with Crippen molar-refractivity contribution in [3.8, 4) is 22.6 Å². The van der Waals surface area contributed by atoms with Crippen molar-refractivity contribution in [2.45, 2.75) is 0 Å². The van der Waals surface area contributed by atoms with Crippen LogP contribution in [0.3, 0.4) is 0 Å². The van der Waals surface area contributed by atoms with Crippen molar-refractivity contribution in [1.29, 1.82) is 0 Å². The Morgan fingerprint density at radius 1 is 0.903 bits per heavy atom. The lowest BCUT2D eigenvalue weighted by Gasteiger charge is -2.09. The molecule has 0 saturated carbocycles. The maximum Gasteiger partial charge on any atom is 0.257 e. The van der Waals surface area contributed by atoms with E-state index in [1.165, 1.54) is 0 Å². The number of nitrogens with one attached hydrogen (secondary N) is 1. The average molecular weight is 427 g/mol. The summed E-state index contributed by atoms with van der Waals surface area (Å²) in [6.07, 6.45) is 3.42. The molecule has 5 rings (SSSR count). The fraction of sp³-hybridized carbons (Fsp3) is 0. The fourth-order valence-corrected chi connectivity index (χ4v) is 3.44. The van der Waals surface area contributed by atoms with E-state index >= 15 is 0 Å². The van der Waals surface area contributed by atoms with Crippen LogP contribution in [0.5, 0.6) is 0 Å². The highest BCUT2D eigenvalue weighted by Gasteiger charge is 2.13. The van der Waals surface area contributed by atoms with Crippen LogP contribution in [-0.2, 0) is 0 Å². The number of carbonyl (C=O) groups excluding carboxylic acids is 1. The Morgan fingerprint density at radius 3 is 2.61 bits per heavy atom. The Balaban J connectivity index is 1.48. The van der Waals surface area contributed by atoms with Crippen LogP contribution in [0.2, 0.25) is 5.02 Å². The summed E-state index contributed by atoms with van der Waals surface area (Å²) < 4.78 is 1.68. The summed E-state index contributed by atoms with van der Waals surface area (Å²) in [5.74, 6) is 0.331. The summed E-state index contributed by atoms with van der Waals surface area (Å²) in [5, 5.41) is 16.4. The number of anilines is 1. The average Bonchev–Trinajstić information content (AvgIpc) is 3.23. The van der Waals surface area contributed by atoms with Crippen LogP contribution in [0.1, 0.15) is 10.4 Å². The summed E-state index contributed by atoms with van der Waals surface area (Å²) in [5.41, 5.74) is 4.06. The molecule has 2 aromatic carbocycles. The van der Waals surface area contributed by atoms with Crippen LogP contribution >= 0.6 is 11.6 Å². The first kappa shape index (κ1) is 18.9. The Bertz CT molecular complexity index is 1400. The third kappa shape index (κ3) is 3.74. The molecule has 0 saturated heterocycles. The van der Waals surface area contributed by atoms with Gasteiger partial charge in [-0.15, -0.1) is 10.2 Å². The molecule has 31 heavy (non-hydrogen) atoms. The number of aromatic nitrogens is 5. The zero-order chi connectivity index (χ0) is 21.2. The lowest BCUT2D eigenvalue weighted by molar-refractivity contribution is 0.102. The monoisotopic (exact) mass is 426 g/mol. The Kier molecular flexibility index (Phi) is 4.86. The second-order valence-corrected chi connectivity index (χ2v) is 7.18. The Hall–Kier alpha value is -4.10. The molecule has 0 aliphatic heterocycles. The van der Waals surface area contributed by atoms with E-state index in [2.05, 4.69) is 20.5 Å². The molecule has 1 N–H and O–H groups in total. The summed E-state index contributed by atoms with van der Waals surface area (Å²) in [6.45, 7) is 0. The van der Waals surface area contributed by atoms with E-state index in [1.54, 1.807) is 41.2 Å². The van der Waals surface area contributed by atoms with Gasteiger partial charge in [0.05, 0.1) is 16.3 Å². The Morgan fingerprint density at radius 2 is 1.77 bits per heavy atom. The quantitative estimate of drug-likeness (QED) is 0.448. The molecule has 5 aromatic rings. The number of carbonyl (C=O) groups is 1. The molecule has 0 atom stereocenters. The second kappa shape index (κ2) is 7.97. The highest BCUT2D eigenvalue weighted by atomic mass is 35.5. The number of fused-ring (bicyclic) bond motifs is 1. The van der Waals surface area contributed by atoms with E-state index in [0.29, 0.717) is 33.4 Å². The van der Waals surface area contributed by atoms with Gasteiger partial charge in [-0.25, -0.2) is 0 Å². The molecular weight excluding hydrogens is 412 g/mol. The van der Waals surface area contributed by atoms with Crippen LogP contribution in [0.25, 0.3) is 28.3 Å². The number of rotatable bonds is 4. The van der Waals surface area contributed by atoms with Crippen molar-refractivity contribution >= 4 is 28.8 Å². The molecule has 0 bridgehead atoms. The van der Waals surface area contributed by atoms with E-state index in [-0.39, 0.29) is 5.91 Å². The first-order valence-electron chi connectivity index (χ1n) is 9.48. The van der Waals surface area contributed by atoms with E-state index in [0.717, 1.165) is 11.1 Å². The predicted molar refractivity (Wildman–Crippen MR) is 119 cm³/mol. The molecular formula is C23H15ClN6O. The van der Waals surface area contributed by atoms with Crippen molar-refractivity contribution in [2.75, 3.05) is 5.32 Å². The number of nitrogens with zero attached hydrogens (tertiary/aromatic N) is 5. The Labute approximate surface area is 182 Å². The summed E-state index contributed by atoms with van der Waals surface area (Å²) in [6, 6.07) is 21.8. The molecule has 1 amide bonds. The summed E-state index contributed by atoms with van der Waals surface area (Å²) in [7, 11) is 0. The summed E-state index contributed by atoms with van der Waals surface area (Å²) in [4.78, 5) is 16.7. The standard InChI is InChI=1S/C23H15ClN6O/c24-19-9-2-1-8-18(19)23(31)26-17-7-3-5-15(13-17)20-10-11-21-27-28-22(30(21)29-20)16-6-4-12-25-14-16/h1-14H,(H,26,31). The number of halogens is 1. The van der Waals surface area contributed by atoms with Gasteiger partial charge in [0.2, 0.25) is 0 Å². The van der Waals surface area contributed by atoms with Crippen molar-refractivity contribution in [1.82, 2.24) is 24.8 Å². The molecule has 0 aliphatic carbocycles. The lowest BCUT2D eigenvalue weighted by Crippen LogP contribution is -2.12. The van der Waals surface area contributed by atoms with Crippen molar-refractivity contribution in [3.05, 3.63) is 95.8 Å². The minimum atomic E-state index is -0.274. The van der Waals surface area contributed by atoms with Gasteiger partial charge in [-0.1, -0.05) is 35.9 Å². The molecule has 0 spiro atoms. The van der Waals surface area contributed by atoms with Crippen molar-refractivity contribution in [3.63, 3.8) is 0 Å². The maximum atomic E-state index is 12.6. The van der Waals surface area contributed by atoms with Crippen molar-refractivity contribution in [2.24, 2.45) is 0 Å². The molecule has 0 radical (unpaired) electrons. The van der Waals surface area contributed by atoms with E-state index in [1.807, 2.05) is 48.5 Å². The third-order valence-electron chi connectivity index (χ3n) is 4.72. The smallest absolute Gasteiger partial charge is 0.257 e. The number of pyridine rings is 1. The van der Waals surface area contributed by atoms with E-state index < -0.39 is 0 Å². The minimum Gasteiger partial charge on any atom is -0.322 e. The normalized spacial score (nSPS) is 10.9. The number of hydrogen-bond acceptors (Lipinski definition) is 5. The highest BCUT2D eigenvalue weighted by molar-refractivity contribution is 6.34. The van der Waals surface area contributed by atoms with Gasteiger partial charge in [0, 0.05) is 29.2 Å². The molecule has 0 unspecified atom stereocenters. The van der Waals surface area contributed by atoms with Gasteiger partial charge < -0.3 is 5.32 Å². The second-order valence-electron chi connectivity index (χ2n) is 6.77. The molecule has 3 aromatic heterocycles. The van der Waals surface area contributed by atoms with E-state index in [9.17, 15) is 4.79 Å². The molecule has 8 heteroatoms. The number of benzene rings is 2. The molecule has 7 nitrogen and oxygen atoms in total. The van der Waals surface area contributed by atoms with Gasteiger partial charge in [-0.2, -0.15) is 9.61 Å². The van der Waals surface area contributed by atoms with Gasteiger partial charge in [-0.3, -0.25) is 9.78 Å². The van der Waals surface area contributed by atoms with E-state index in [4.69, 9.17) is 16.7 Å². The van der Waals surface area contributed by atoms with Crippen LogP contribution in [0.4, 0.5) is 5.69 Å². The van der Waals surface area contributed by atoms with Gasteiger partial charge in [0.25, 0.3) is 5.91 Å². The van der Waals surface area contributed by atoms with Gasteiger partial charge >= 0.3 is 0 Å². The zero-order valence-electron chi connectivity index (χ0n) is 16.1. The van der Waals surface area contributed by atoms with Crippen LogP contribution in [0.15, 0.2) is 85.2 Å². The van der Waals surface area contributed by atoms with Crippen LogP contribution < -0.4 is 5.32 Å². The number of hydrogen-bond donors (Lipinski definition) is 1. The lowest BCUT2D eigenvalue weighted by atomic mass is 10.1. The highest BCUT2D eigenvalue weighted by Crippen LogP contribution is 2.24. The third-order valence-corrected chi connectivity index (χ3v) is 5.05. The van der Waals surface area contributed by atoms with Gasteiger partial charge in [-0.05, 0) is 48.5 Å². The fourth-order valence-electron chi connectivity index (χ4n) is 3.22. The van der Waals surface area contributed by atoms with Crippen LogP contribution in [0, 0.1) is 0 Å².